The lowest BCUT2D eigenvalue weighted by molar-refractivity contribution is 0.221. The van der Waals surface area contributed by atoms with Gasteiger partial charge in [-0.05, 0) is 60.8 Å². The molecule has 1 aliphatic rings. The van der Waals surface area contributed by atoms with E-state index >= 15 is 0 Å². The van der Waals surface area contributed by atoms with Crippen LogP contribution in [0.1, 0.15) is 38.6 Å². The van der Waals surface area contributed by atoms with E-state index in [2.05, 4.69) is 53.2 Å². The van der Waals surface area contributed by atoms with E-state index < -0.39 is 0 Å². The minimum atomic E-state index is 0.539. The van der Waals surface area contributed by atoms with Crippen LogP contribution < -0.4 is 5.32 Å². The topological polar surface area (TPSA) is 66.5 Å². The summed E-state index contributed by atoms with van der Waals surface area (Å²) < 4.78 is 0. The summed E-state index contributed by atoms with van der Waals surface area (Å²) in [6.45, 7) is 8.88. The van der Waals surface area contributed by atoms with Gasteiger partial charge in [-0.1, -0.05) is 31.6 Å². The molecule has 0 fully saturated rings. The first-order valence-corrected chi connectivity index (χ1v) is 10.7. The van der Waals surface area contributed by atoms with Crippen molar-refractivity contribution in [2.24, 2.45) is 23.7 Å². The van der Waals surface area contributed by atoms with Gasteiger partial charge in [-0.25, -0.2) is 9.97 Å². The molecule has 4 rings (SSSR count). The fourth-order valence-corrected chi connectivity index (χ4v) is 4.62. The van der Waals surface area contributed by atoms with Crippen molar-refractivity contribution in [1.82, 2.24) is 25.3 Å². The fourth-order valence-electron chi connectivity index (χ4n) is 4.62. The molecule has 0 radical (unpaired) electrons. The maximum Gasteiger partial charge on any atom is 0.177 e. The van der Waals surface area contributed by atoms with Crippen LogP contribution in [-0.2, 0) is 13.0 Å². The van der Waals surface area contributed by atoms with Gasteiger partial charge in [0.05, 0.1) is 5.52 Å². The van der Waals surface area contributed by atoms with E-state index in [0.717, 1.165) is 36.5 Å². The zero-order chi connectivity index (χ0) is 20.2. The summed E-state index contributed by atoms with van der Waals surface area (Å²) in [7, 11) is 0. The average molecular weight is 390 g/mol. The molecular formula is C24H31N5. The van der Waals surface area contributed by atoms with E-state index in [1.165, 1.54) is 17.6 Å². The van der Waals surface area contributed by atoms with Gasteiger partial charge in [0.2, 0.25) is 0 Å². The first kappa shape index (κ1) is 19.8. The molecule has 0 amide bonds. The largest absolute Gasteiger partial charge is 0.341 e. The normalized spacial score (nSPS) is 22.2. The third-order valence-electron chi connectivity index (χ3n) is 6.26. The van der Waals surface area contributed by atoms with Crippen molar-refractivity contribution in [2.45, 2.75) is 40.2 Å². The molecule has 5 heteroatoms. The highest BCUT2D eigenvalue weighted by atomic mass is 15.0. The van der Waals surface area contributed by atoms with Crippen LogP contribution in [0.15, 0.2) is 54.5 Å². The molecule has 5 nitrogen and oxygen atoms in total. The Labute approximate surface area is 173 Å². The summed E-state index contributed by atoms with van der Waals surface area (Å²) in [4.78, 5) is 16.7. The summed E-state index contributed by atoms with van der Waals surface area (Å²) in [5.41, 5.74) is 4.57. The van der Waals surface area contributed by atoms with E-state index in [0.29, 0.717) is 23.7 Å². The van der Waals surface area contributed by atoms with Crippen molar-refractivity contribution in [3.63, 3.8) is 0 Å². The zero-order valence-electron chi connectivity index (χ0n) is 17.6. The van der Waals surface area contributed by atoms with Crippen LogP contribution >= 0.6 is 0 Å². The summed E-state index contributed by atoms with van der Waals surface area (Å²) in [5.74, 6) is 3.49. The van der Waals surface area contributed by atoms with Gasteiger partial charge in [0.15, 0.2) is 5.65 Å². The van der Waals surface area contributed by atoms with E-state index in [4.69, 9.17) is 4.98 Å². The van der Waals surface area contributed by atoms with E-state index in [9.17, 15) is 0 Å². The number of hydrogen-bond donors (Lipinski definition) is 2. The Morgan fingerprint density at radius 2 is 2.07 bits per heavy atom. The Balaban J connectivity index is 1.43. The van der Waals surface area contributed by atoms with Crippen molar-refractivity contribution in [3.8, 4) is 0 Å². The van der Waals surface area contributed by atoms with Gasteiger partial charge in [0.1, 0.15) is 5.82 Å². The molecule has 0 aliphatic heterocycles. The SMILES string of the molecule is CC1=C[C@@H](CNCc2cccnc2)[C@H](C(C)C)C[C@H]1Cc1nc2ncccc2[nH]1. The lowest BCUT2D eigenvalue weighted by atomic mass is 9.70. The van der Waals surface area contributed by atoms with Crippen LogP contribution in [0.25, 0.3) is 11.2 Å². The maximum absolute atomic E-state index is 4.70. The maximum atomic E-state index is 4.70. The smallest absolute Gasteiger partial charge is 0.177 e. The molecule has 0 saturated heterocycles. The van der Waals surface area contributed by atoms with E-state index in [-0.39, 0.29) is 0 Å². The van der Waals surface area contributed by atoms with Gasteiger partial charge >= 0.3 is 0 Å². The Morgan fingerprint density at radius 3 is 2.83 bits per heavy atom. The second-order valence-corrected chi connectivity index (χ2v) is 8.67. The minimum absolute atomic E-state index is 0.539. The van der Waals surface area contributed by atoms with Crippen LogP contribution in [0.5, 0.6) is 0 Å². The minimum Gasteiger partial charge on any atom is -0.341 e. The summed E-state index contributed by atoms with van der Waals surface area (Å²) in [6, 6.07) is 8.12. The van der Waals surface area contributed by atoms with Crippen LogP contribution in [0.4, 0.5) is 0 Å². The van der Waals surface area contributed by atoms with Crippen LogP contribution in [0.3, 0.4) is 0 Å². The first-order chi connectivity index (χ1) is 14.1. The molecule has 0 unspecified atom stereocenters. The van der Waals surface area contributed by atoms with Gasteiger partial charge in [-0.3, -0.25) is 4.98 Å². The Hall–Kier alpha value is -2.53. The molecule has 0 spiro atoms. The van der Waals surface area contributed by atoms with Gasteiger partial charge in [0.25, 0.3) is 0 Å². The van der Waals surface area contributed by atoms with Crippen molar-refractivity contribution in [3.05, 3.63) is 65.9 Å². The Morgan fingerprint density at radius 1 is 1.21 bits per heavy atom. The highest BCUT2D eigenvalue weighted by molar-refractivity contribution is 5.69. The predicted molar refractivity (Wildman–Crippen MR) is 117 cm³/mol. The molecule has 29 heavy (non-hydrogen) atoms. The molecule has 2 N–H and O–H groups in total. The number of H-pyrrole nitrogens is 1. The number of nitrogens with one attached hydrogen (secondary N) is 2. The number of rotatable bonds is 7. The highest BCUT2D eigenvalue weighted by Gasteiger charge is 2.31. The molecule has 0 aromatic carbocycles. The molecule has 0 saturated carbocycles. The molecule has 3 aromatic rings. The molecule has 0 bridgehead atoms. The monoisotopic (exact) mass is 389 g/mol. The van der Waals surface area contributed by atoms with Gasteiger partial charge in [0, 0.05) is 38.1 Å². The summed E-state index contributed by atoms with van der Waals surface area (Å²) >= 11 is 0. The Kier molecular flexibility index (Phi) is 6.05. The van der Waals surface area contributed by atoms with E-state index in [1.807, 2.05) is 30.6 Å². The van der Waals surface area contributed by atoms with E-state index in [1.54, 1.807) is 6.20 Å². The number of nitrogens with zero attached hydrogens (tertiary/aromatic N) is 3. The molecule has 1 aliphatic carbocycles. The fraction of sp³-hybridized carbons (Fsp3) is 0.458. The average Bonchev–Trinajstić information content (AvgIpc) is 3.13. The number of aromatic amines is 1. The lowest BCUT2D eigenvalue weighted by Gasteiger charge is -2.37. The van der Waals surface area contributed by atoms with Gasteiger partial charge < -0.3 is 10.3 Å². The molecular weight excluding hydrogens is 358 g/mol. The van der Waals surface area contributed by atoms with Crippen molar-refractivity contribution in [2.75, 3.05) is 6.54 Å². The van der Waals surface area contributed by atoms with Gasteiger partial charge in [-0.15, -0.1) is 0 Å². The van der Waals surface area contributed by atoms with Crippen molar-refractivity contribution < 1.29 is 0 Å². The quantitative estimate of drug-likeness (QED) is 0.582. The number of imidazole rings is 1. The van der Waals surface area contributed by atoms with Crippen molar-refractivity contribution in [1.29, 1.82) is 0 Å². The zero-order valence-corrected chi connectivity index (χ0v) is 17.6. The standard InChI is InChI=1S/C24H31N5/c1-16(2)21-11-19(12-23-28-22-7-5-9-27-24(22)29-23)17(3)10-20(21)15-26-14-18-6-4-8-25-13-18/h4-10,13,16,19-21,26H,11-12,14-15H2,1-3H3,(H,27,28,29)/t19-,20-,21-/m0/s1. The van der Waals surface area contributed by atoms with Crippen molar-refractivity contribution >= 4 is 11.2 Å². The number of fused-ring (bicyclic) bond motifs is 1. The number of hydrogen-bond acceptors (Lipinski definition) is 4. The second-order valence-electron chi connectivity index (χ2n) is 8.67. The number of allylic oxidation sites excluding steroid dienone is 1. The summed E-state index contributed by atoms with van der Waals surface area (Å²) in [6.07, 6.45) is 10.2. The summed E-state index contributed by atoms with van der Waals surface area (Å²) in [5, 5.41) is 3.65. The first-order valence-electron chi connectivity index (χ1n) is 10.7. The predicted octanol–water partition coefficient (Wildman–Crippen LogP) is 4.54. The number of pyridine rings is 2. The number of aromatic nitrogens is 4. The molecule has 152 valence electrons. The molecule has 3 heterocycles. The third-order valence-corrected chi connectivity index (χ3v) is 6.26. The van der Waals surface area contributed by atoms with Gasteiger partial charge in [-0.2, -0.15) is 0 Å². The Bertz CT molecular complexity index is 927. The van der Waals surface area contributed by atoms with Crippen LogP contribution in [0.2, 0.25) is 0 Å². The molecule has 3 atom stereocenters. The van der Waals surface area contributed by atoms with Crippen LogP contribution in [0, 0.1) is 23.7 Å². The lowest BCUT2D eigenvalue weighted by Crippen LogP contribution is -2.34. The van der Waals surface area contributed by atoms with Crippen LogP contribution in [-0.4, -0.2) is 26.5 Å². The highest BCUT2D eigenvalue weighted by Crippen LogP contribution is 2.38. The second kappa shape index (κ2) is 8.87. The third kappa shape index (κ3) is 4.73. The molecule has 3 aromatic heterocycles.